The van der Waals surface area contributed by atoms with E-state index in [1.54, 1.807) is 11.8 Å². The highest BCUT2D eigenvalue weighted by Crippen LogP contribution is 2.00. The van der Waals surface area contributed by atoms with Crippen molar-refractivity contribution in [1.82, 2.24) is 5.32 Å². The molecule has 4 N–H and O–H groups in total. The quantitative estimate of drug-likeness (QED) is 0.567. The van der Waals surface area contributed by atoms with Gasteiger partial charge >= 0.3 is 6.09 Å². The van der Waals surface area contributed by atoms with Gasteiger partial charge in [-0.2, -0.15) is 11.8 Å². The monoisotopic (exact) mass is 178 g/mol. The molecule has 0 fully saturated rings. The first-order valence-corrected chi connectivity index (χ1v) is 4.78. The highest BCUT2D eigenvalue weighted by Gasteiger charge is 2.08. The minimum Gasteiger partial charge on any atom is -0.465 e. The van der Waals surface area contributed by atoms with E-state index in [0.717, 1.165) is 5.75 Å². The minimum absolute atomic E-state index is 0.00694. The largest absolute Gasteiger partial charge is 0.465 e. The maximum absolute atomic E-state index is 10.2. The van der Waals surface area contributed by atoms with E-state index in [4.69, 9.17) is 10.8 Å². The zero-order chi connectivity index (χ0) is 8.69. The summed E-state index contributed by atoms with van der Waals surface area (Å²) in [5, 5.41) is 10.8. The van der Waals surface area contributed by atoms with Crippen molar-refractivity contribution in [2.45, 2.75) is 12.5 Å². The number of carbonyl (C=O) groups is 1. The second kappa shape index (κ2) is 6.30. The molecule has 66 valence electrons. The molecule has 5 heteroatoms. The molecule has 0 bridgehead atoms. The van der Waals surface area contributed by atoms with Crippen molar-refractivity contribution in [1.29, 1.82) is 0 Å². The molecule has 0 aliphatic carbocycles. The van der Waals surface area contributed by atoms with Gasteiger partial charge in [-0.15, -0.1) is 0 Å². The number of hydrogen-bond acceptors (Lipinski definition) is 3. The molecule has 0 aliphatic heterocycles. The molecule has 0 aromatic carbocycles. The van der Waals surface area contributed by atoms with Gasteiger partial charge in [0.05, 0.1) is 0 Å². The van der Waals surface area contributed by atoms with Crippen LogP contribution in [0.3, 0.4) is 0 Å². The lowest BCUT2D eigenvalue weighted by Crippen LogP contribution is -2.37. The Hall–Kier alpha value is -0.420. The third-order valence-electron chi connectivity index (χ3n) is 1.21. The predicted molar refractivity (Wildman–Crippen MR) is 47.0 cm³/mol. The molecule has 0 saturated carbocycles. The lowest BCUT2D eigenvalue weighted by atomic mass is 10.2. The maximum atomic E-state index is 10.2. The molecule has 0 spiro atoms. The average Bonchev–Trinajstić information content (AvgIpc) is 1.87. The molecular formula is C6H14N2O2S. The second-order valence-corrected chi connectivity index (χ2v) is 3.09. The van der Waals surface area contributed by atoms with Gasteiger partial charge in [0.2, 0.25) is 0 Å². The Labute approximate surface area is 70.5 Å². The molecule has 0 aromatic rings. The Morgan fingerprint density at radius 1 is 1.82 bits per heavy atom. The summed E-state index contributed by atoms with van der Waals surface area (Å²) in [4.78, 5) is 10.2. The molecule has 0 radical (unpaired) electrons. The smallest absolute Gasteiger partial charge is 0.404 e. The van der Waals surface area contributed by atoms with Crippen molar-refractivity contribution >= 4 is 17.9 Å². The van der Waals surface area contributed by atoms with E-state index in [1.165, 1.54) is 0 Å². The van der Waals surface area contributed by atoms with Crippen LogP contribution < -0.4 is 11.1 Å². The SMILES string of the molecule is CSCC(CCN)NC(=O)O. The molecule has 4 nitrogen and oxygen atoms in total. The molecular weight excluding hydrogens is 164 g/mol. The van der Waals surface area contributed by atoms with E-state index in [2.05, 4.69) is 5.32 Å². The van der Waals surface area contributed by atoms with Crippen LogP contribution in [-0.2, 0) is 0 Å². The molecule has 0 aromatic heterocycles. The summed E-state index contributed by atoms with van der Waals surface area (Å²) in [5.74, 6) is 0.781. The highest BCUT2D eigenvalue weighted by atomic mass is 32.2. The Kier molecular flexibility index (Phi) is 6.06. The Bertz CT molecular complexity index is 115. The Morgan fingerprint density at radius 2 is 2.45 bits per heavy atom. The van der Waals surface area contributed by atoms with Crippen molar-refractivity contribution in [3.8, 4) is 0 Å². The average molecular weight is 178 g/mol. The fourth-order valence-corrected chi connectivity index (χ4v) is 1.43. The fourth-order valence-electron chi connectivity index (χ4n) is 0.774. The lowest BCUT2D eigenvalue weighted by Gasteiger charge is -2.13. The molecule has 0 aliphatic rings. The van der Waals surface area contributed by atoms with E-state index in [0.29, 0.717) is 13.0 Å². The van der Waals surface area contributed by atoms with Crippen LogP contribution in [0.4, 0.5) is 4.79 Å². The first-order valence-electron chi connectivity index (χ1n) is 3.39. The van der Waals surface area contributed by atoms with Gasteiger partial charge < -0.3 is 16.2 Å². The van der Waals surface area contributed by atoms with Gasteiger partial charge in [-0.3, -0.25) is 0 Å². The number of amides is 1. The van der Waals surface area contributed by atoms with Crippen LogP contribution in [0.2, 0.25) is 0 Å². The van der Waals surface area contributed by atoms with E-state index >= 15 is 0 Å². The van der Waals surface area contributed by atoms with Gasteiger partial charge in [0, 0.05) is 11.8 Å². The first kappa shape index (κ1) is 10.6. The van der Waals surface area contributed by atoms with Crippen LogP contribution >= 0.6 is 11.8 Å². The van der Waals surface area contributed by atoms with Crippen molar-refractivity contribution in [3.05, 3.63) is 0 Å². The fraction of sp³-hybridized carbons (Fsp3) is 0.833. The van der Waals surface area contributed by atoms with Crippen molar-refractivity contribution in [2.24, 2.45) is 5.73 Å². The third-order valence-corrected chi connectivity index (χ3v) is 1.95. The molecule has 11 heavy (non-hydrogen) atoms. The lowest BCUT2D eigenvalue weighted by molar-refractivity contribution is 0.190. The van der Waals surface area contributed by atoms with Crippen LogP contribution in [0.15, 0.2) is 0 Å². The second-order valence-electron chi connectivity index (χ2n) is 2.18. The van der Waals surface area contributed by atoms with Crippen molar-refractivity contribution < 1.29 is 9.90 Å². The zero-order valence-electron chi connectivity index (χ0n) is 6.54. The van der Waals surface area contributed by atoms with Crippen LogP contribution in [-0.4, -0.2) is 35.8 Å². The van der Waals surface area contributed by atoms with Crippen LogP contribution in [0.1, 0.15) is 6.42 Å². The number of rotatable bonds is 5. The predicted octanol–water partition coefficient (Wildman–Crippen LogP) is 0.334. The Morgan fingerprint density at radius 3 is 2.82 bits per heavy atom. The summed E-state index contributed by atoms with van der Waals surface area (Å²) in [5.41, 5.74) is 5.29. The van der Waals surface area contributed by atoms with Crippen LogP contribution in [0.25, 0.3) is 0 Å². The number of nitrogens with one attached hydrogen (secondary N) is 1. The van der Waals surface area contributed by atoms with Gasteiger partial charge in [0.25, 0.3) is 0 Å². The van der Waals surface area contributed by atoms with Crippen molar-refractivity contribution in [3.63, 3.8) is 0 Å². The molecule has 0 saturated heterocycles. The van der Waals surface area contributed by atoms with E-state index in [-0.39, 0.29) is 6.04 Å². The van der Waals surface area contributed by atoms with E-state index in [9.17, 15) is 4.79 Å². The van der Waals surface area contributed by atoms with Gasteiger partial charge in [0.1, 0.15) is 0 Å². The normalized spacial score (nSPS) is 12.5. The van der Waals surface area contributed by atoms with Gasteiger partial charge in [-0.1, -0.05) is 0 Å². The summed E-state index contributed by atoms with van der Waals surface area (Å²) in [7, 11) is 0. The van der Waals surface area contributed by atoms with E-state index in [1.807, 2.05) is 6.26 Å². The summed E-state index contributed by atoms with van der Waals surface area (Å²) in [6, 6.07) is -0.00694. The molecule has 1 atom stereocenters. The number of hydrogen-bond donors (Lipinski definition) is 3. The van der Waals surface area contributed by atoms with Gasteiger partial charge in [-0.05, 0) is 19.2 Å². The first-order chi connectivity index (χ1) is 5.20. The van der Waals surface area contributed by atoms with Crippen LogP contribution in [0.5, 0.6) is 0 Å². The Balaban J connectivity index is 3.59. The highest BCUT2D eigenvalue weighted by molar-refractivity contribution is 7.98. The number of thioether (sulfide) groups is 1. The maximum Gasteiger partial charge on any atom is 0.404 e. The van der Waals surface area contributed by atoms with Gasteiger partial charge in [-0.25, -0.2) is 4.79 Å². The van der Waals surface area contributed by atoms with E-state index < -0.39 is 6.09 Å². The summed E-state index contributed by atoms with van der Waals surface area (Å²) in [6.07, 6.45) is 1.66. The number of nitrogens with two attached hydrogens (primary N) is 1. The minimum atomic E-state index is -0.975. The molecule has 0 rings (SSSR count). The zero-order valence-corrected chi connectivity index (χ0v) is 7.36. The number of carboxylic acid groups (broad SMARTS) is 1. The van der Waals surface area contributed by atoms with Crippen LogP contribution in [0, 0.1) is 0 Å². The third kappa shape index (κ3) is 6.00. The van der Waals surface area contributed by atoms with Crippen molar-refractivity contribution in [2.75, 3.05) is 18.6 Å². The molecule has 0 heterocycles. The summed E-state index contributed by atoms with van der Waals surface area (Å²) >= 11 is 1.61. The molecule has 1 amide bonds. The summed E-state index contributed by atoms with van der Waals surface area (Å²) in [6.45, 7) is 0.519. The molecule has 1 unspecified atom stereocenters. The van der Waals surface area contributed by atoms with Gasteiger partial charge in [0.15, 0.2) is 0 Å². The standard InChI is InChI=1S/C6H14N2O2S/c1-11-4-5(2-3-7)8-6(9)10/h5,8H,2-4,7H2,1H3,(H,9,10). The summed E-state index contributed by atoms with van der Waals surface area (Å²) < 4.78 is 0. The topological polar surface area (TPSA) is 75.3 Å².